The van der Waals surface area contributed by atoms with Gasteiger partial charge < -0.3 is 10.2 Å². The maximum atomic E-state index is 3.65. The lowest BCUT2D eigenvalue weighted by molar-refractivity contribution is 0.403. The first-order valence-corrected chi connectivity index (χ1v) is 7.63. The number of nitrogens with one attached hydrogen (secondary N) is 1. The summed E-state index contributed by atoms with van der Waals surface area (Å²) in [6.07, 6.45) is 4.02. The van der Waals surface area contributed by atoms with Crippen molar-refractivity contribution in [2.45, 2.75) is 52.0 Å². The van der Waals surface area contributed by atoms with Gasteiger partial charge >= 0.3 is 0 Å². The van der Waals surface area contributed by atoms with Crippen LogP contribution in [-0.4, -0.2) is 26.2 Å². The molecule has 1 aromatic carbocycles. The number of benzene rings is 1. The Hall–Kier alpha value is -1.02. The second kappa shape index (κ2) is 6.42. The van der Waals surface area contributed by atoms with Crippen LogP contribution in [0.1, 0.15) is 50.2 Å². The Morgan fingerprint density at radius 1 is 1.32 bits per heavy atom. The molecule has 0 spiro atoms. The van der Waals surface area contributed by atoms with E-state index in [1.54, 1.807) is 0 Å². The minimum atomic E-state index is 0.580. The molecule has 1 N–H and O–H groups in total. The summed E-state index contributed by atoms with van der Waals surface area (Å²) in [4.78, 5) is 2.45. The highest BCUT2D eigenvalue weighted by molar-refractivity contribution is 5.60. The van der Waals surface area contributed by atoms with Crippen molar-refractivity contribution < 1.29 is 0 Å². The van der Waals surface area contributed by atoms with Crippen molar-refractivity contribution in [1.82, 2.24) is 5.32 Å². The molecule has 106 valence electrons. The molecule has 1 heterocycles. The van der Waals surface area contributed by atoms with Crippen LogP contribution < -0.4 is 10.2 Å². The molecule has 0 amide bonds. The third-order valence-corrected chi connectivity index (χ3v) is 4.18. The molecule has 19 heavy (non-hydrogen) atoms. The van der Waals surface area contributed by atoms with Crippen molar-refractivity contribution in [2.75, 3.05) is 25.0 Å². The van der Waals surface area contributed by atoms with Gasteiger partial charge in [-0.3, -0.25) is 0 Å². The van der Waals surface area contributed by atoms with E-state index >= 15 is 0 Å². The van der Waals surface area contributed by atoms with Gasteiger partial charge in [-0.25, -0.2) is 0 Å². The predicted octanol–water partition coefficient (Wildman–Crippen LogP) is 3.70. The van der Waals surface area contributed by atoms with Crippen LogP contribution in [0.5, 0.6) is 0 Å². The molecule has 1 saturated heterocycles. The zero-order chi connectivity index (χ0) is 13.8. The van der Waals surface area contributed by atoms with E-state index in [1.807, 2.05) is 0 Å². The summed E-state index contributed by atoms with van der Waals surface area (Å²) in [5.74, 6) is 0.580. The van der Waals surface area contributed by atoms with Gasteiger partial charge in [0.25, 0.3) is 0 Å². The topological polar surface area (TPSA) is 15.3 Å². The first-order valence-electron chi connectivity index (χ1n) is 7.63. The van der Waals surface area contributed by atoms with Crippen molar-refractivity contribution in [3.05, 3.63) is 29.3 Å². The quantitative estimate of drug-likeness (QED) is 0.888. The Labute approximate surface area is 118 Å². The van der Waals surface area contributed by atoms with E-state index in [4.69, 9.17) is 0 Å². The Morgan fingerprint density at radius 2 is 2.11 bits per heavy atom. The fraction of sp³-hybridized carbons (Fsp3) is 0.647. The number of hydrogen-bond acceptors (Lipinski definition) is 2. The second-order valence-corrected chi connectivity index (χ2v) is 6.19. The molecule has 0 bridgehead atoms. The molecule has 2 heteroatoms. The summed E-state index contributed by atoms with van der Waals surface area (Å²) in [7, 11) is 2.24. The number of anilines is 1. The zero-order valence-corrected chi connectivity index (χ0v) is 12.9. The molecule has 1 aromatic rings. The molecule has 0 radical (unpaired) electrons. The molecular formula is C17H28N2. The number of hydrogen-bond donors (Lipinski definition) is 1. The fourth-order valence-electron chi connectivity index (χ4n) is 3.17. The van der Waals surface area contributed by atoms with Gasteiger partial charge in [0.2, 0.25) is 0 Å². The number of aryl methyl sites for hydroxylation is 1. The van der Waals surface area contributed by atoms with E-state index in [-0.39, 0.29) is 0 Å². The number of nitrogens with zero attached hydrogens (tertiary/aromatic N) is 1. The SMILES string of the molecule is Cc1cccc(C(C)C)c1N(C)CC1CCCCN1. The lowest BCUT2D eigenvalue weighted by Crippen LogP contribution is -2.42. The first kappa shape index (κ1) is 14.4. The Bertz CT molecular complexity index is 406. The van der Waals surface area contributed by atoms with Crippen LogP contribution in [-0.2, 0) is 0 Å². The molecule has 2 nitrogen and oxygen atoms in total. The molecule has 1 unspecified atom stereocenters. The summed E-state index contributed by atoms with van der Waals surface area (Å²) in [5.41, 5.74) is 4.30. The lowest BCUT2D eigenvalue weighted by atomic mass is 9.96. The zero-order valence-electron chi connectivity index (χ0n) is 12.9. The highest BCUT2D eigenvalue weighted by Gasteiger charge is 2.18. The molecule has 0 saturated carbocycles. The molecule has 2 rings (SSSR count). The Morgan fingerprint density at radius 3 is 2.74 bits per heavy atom. The second-order valence-electron chi connectivity index (χ2n) is 6.19. The smallest absolute Gasteiger partial charge is 0.0429 e. The van der Waals surface area contributed by atoms with Crippen LogP contribution in [0.2, 0.25) is 0 Å². The average Bonchev–Trinajstić information content (AvgIpc) is 2.39. The van der Waals surface area contributed by atoms with E-state index < -0.39 is 0 Å². The normalized spacial score (nSPS) is 19.7. The predicted molar refractivity (Wildman–Crippen MR) is 84.2 cm³/mol. The van der Waals surface area contributed by atoms with E-state index in [9.17, 15) is 0 Å². The molecule has 1 aliphatic heterocycles. The summed E-state index contributed by atoms with van der Waals surface area (Å²) >= 11 is 0. The fourth-order valence-corrected chi connectivity index (χ4v) is 3.17. The third-order valence-electron chi connectivity index (χ3n) is 4.18. The van der Waals surface area contributed by atoms with Crippen LogP contribution in [0.15, 0.2) is 18.2 Å². The summed E-state index contributed by atoms with van der Waals surface area (Å²) in [5, 5.41) is 3.65. The first-order chi connectivity index (χ1) is 9.09. The maximum Gasteiger partial charge on any atom is 0.0429 e. The molecule has 1 aliphatic rings. The van der Waals surface area contributed by atoms with Gasteiger partial charge in [0.15, 0.2) is 0 Å². The monoisotopic (exact) mass is 260 g/mol. The number of likely N-dealkylation sites (N-methyl/N-ethyl adjacent to an activating group) is 1. The Kier molecular flexibility index (Phi) is 4.87. The molecular weight excluding hydrogens is 232 g/mol. The number of piperidine rings is 1. The van der Waals surface area contributed by atoms with Gasteiger partial charge in [-0.2, -0.15) is 0 Å². The minimum absolute atomic E-state index is 0.580. The minimum Gasteiger partial charge on any atom is -0.373 e. The summed E-state index contributed by atoms with van der Waals surface area (Å²) < 4.78 is 0. The van der Waals surface area contributed by atoms with Crippen molar-refractivity contribution in [2.24, 2.45) is 0 Å². The number of rotatable bonds is 4. The van der Waals surface area contributed by atoms with E-state index in [1.165, 1.54) is 42.6 Å². The lowest BCUT2D eigenvalue weighted by Gasteiger charge is -2.32. The molecule has 1 fully saturated rings. The number of para-hydroxylation sites is 1. The van der Waals surface area contributed by atoms with Gasteiger partial charge in [0, 0.05) is 25.3 Å². The van der Waals surface area contributed by atoms with Crippen molar-refractivity contribution in [1.29, 1.82) is 0 Å². The average molecular weight is 260 g/mol. The summed E-state index contributed by atoms with van der Waals surface area (Å²) in [6, 6.07) is 7.34. The van der Waals surface area contributed by atoms with Gasteiger partial charge in [-0.1, -0.05) is 38.5 Å². The highest BCUT2D eigenvalue weighted by Crippen LogP contribution is 2.30. The highest BCUT2D eigenvalue weighted by atomic mass is 15.1. The van der Waals surface area contributed by atoms with Crippen LogP contribution in [0.3, 0.4) is 0 Å². The largest absolute Gasteiger partial charge is 0.373 e. The van der Waals surface area contributed by atoms with Crippen LogP contribution >= 0.6 is 0 Å². The van der Waals surface area contributed by atoms with Gasteiger partial charge in [-0.05, 0) is 43.4 Å². The van der Waals surface area contributed by atoms with Crippen molar-refractivity contribution >= 4 is 5.69 Å². The van der Waals surface area contributed by atoms with Gasteiger partial charge in [0.05, 0.1) is 0 Å². The maximum absolute atomic E-state index is 3.65. The van der Waals surface area contributed by atoms with E-state index in [2.05, 4.69) is 56.2 Å². The van der Waals surface area contributed by atoms with Crippen molar-refractivity contribution in [3.8, 4) is 0 Å². The van der Waals surface area contributed by atoms with Crippen LogP contribution in [0, 0.1) is 6.92 Å². The van der Waals surface area contributed by atoms with Crippen LogP contribution in [0.25, 0.3) is 0 Å². The molecule has 0 aliphatic carbocycles. The molecule has 1 atom stereocenters. The van der Waals surface area contributed by atoms with E-state index in [0.29, 0.717) is 12.0 Å². The standard InChI is InChI=1S/C17H28N2/c1-13(2)16-10-7-8-14(3)17(16)19(4)12-15-9-5-6-11-18-15/h7-8,10,13,15,18H,5-6,9,11-12H2,1-4H3. The molecule has 0 aromatic heterocycles. The third kappa shape index (κ3) is 3.50. The van der Waals surface area contributed by atoms with E-state index in [0.717, 1.165) is 6.54 Å². The Balaban J connectivity index is 2.15. The van der Waals surface area contributed by atoms with Crippen LogP contribution in [0.4, 0.5) is 5.69 Å². The van der Waals surface area contributed by atoms with Crippen molar-refractivity contribution in [3.63, 3.8) is 0 Å². The van der Waals surface area contributed by atoms with Gasteiger partial charge in [-0.15, -0.1) is 0 Å². The summed E-state index contributed by atoms with van der Waals surface area (Å²) in [6.45, 7) is 9.09. The van der Waals surface area contributed by atoms with Gasteiger partial charge in [0.1, 0.15) is 0 Å².